The van der Waals surface area contributed by atoms with Crippen molar-refractivity contribution in [2.24, 2.45) is 0 Å². The van der Waals surface area contributed by atoms with Crippen LogP contribution in [0.5, 0.6) is 0 Å². The lowest BCUT2D eigenvalue weighted by Crippen LogP contribution is -2.34. The van der Waals surface area contributed by atoms with E-state index >= 15 is 0 Å². The predicted molar refractivity (Wildman–Crippen MR) is 71.2 cm³/mol. The molecule has 6 heteroatoms. The molecular formula is C13H21N3O3. The van der Waals surface area contributed by atoms with Crippen molar-refractivity contribution >= 4 is 11.9 Å². The highest BCUT2D eigenvalue weighted by atomic mass is 16.6. The summed E-state index contributed by atoms with van der Waals surface area (Å²) in [6, 6.07) is 0. The Morgan fingerprint density at radius 1 is 1.42 bits per heavy atom. The third-order valence-electron chi connectivity index (χ3n) is 2.45. The first-order valence-electron chi connectivity index (χ1n) is 6.20. The number of aromatic nitrogens is 2. The lowest BCUT2D eigenvalue weighted by molar-refractivity contribution is 0.0525. The zero-order valence-corrected chi connectivity index (χ0v) is 12.1. The molecule has 0 aliphatic rings. The molecule has 6 nitrogen and oxygen atoms in total. The van der Waals surface area contributed by atoms with Gasteiger partial charge in [-0.15, -0.1) is 0 Å². The van der Waals surface area contributed by atoms with E-state index in [2.05, 4.69) is 10.3 Å². The number of Topliss-reactive ketones (excluding diaryl/α,β-unsaturated/α-hetero) is 1. The third-order valence-corrected chi connectivity index (χ3v) is 2.45. The van der Waals surface area contributed by atoms with Gasteiger partial charge in [-0.05, 0) is 27.7 Å². The summed E-state index contributed by atoms with van der Waals surface area (Å²) in [6.07, 6.45) is 1.15. The fourth-order valence-corrected chi connectivity index (χ4v) is 1.61. The Hall–Kier alpha value is -1.85. The van der Waals surface area contributed by atoms with Gasteiger partial charge >= 0.3 is 6.09 Å². The highest BCUT2D eigenvalue weighted by Gasteiger charge is 2.16. The fraction of sp³-hybridized carbons (Fsp3) is 0.615. The molecule has 0 aliphatic carbocycles. The Labute approximate surface area is 113 Å². The van der Waals surface area contributed by atoms with Gasteiger partial charge in [0.1, 0.15) is 11.3 Å². The van der Waals surface area contributed by atoms with Gasteiger partial charge in [0, 0.05) is 25.7 Å². The highest BCUT2D eigenvalue weighted by Crippen LogP contribution is 2.07. The van der Waals surface area contributed by atoms with Gasteiger partial charge in [-0.25, -0.2) is 9.78 Å². The van der Waals surface area contributed by atoms with E-state index in [1.807, 2.05) is 32.3 Å². The van der Waals surface area contributed by atoms with Gasteiger partial charge in [0.2, 0.25) is 0 Å². The maximum Gasteiger partial charge on any atom is 0.407 e. The van der Waals surface area contributed by atoms with Crippen LogP contribution in [-0.2, 0) is 11.3 Å². The molecule has 1 aromatic heterocycles. The molecule has 0 atom stereocenters. The predicted octanol–water partition coefficient (Wildman–Crippen LogP) is 1.92. The summed E-state index contributed by atoms with van der Waals surface area (Å²) >= 11 is 0. The highest BCUT2D eigenvalue weighted by molar-refractivity contribution is 5.93. The Morgan fingerprint density at radius 3 is 2.53 bits per heavy atom. The summed E-state index contributed by atoms with van der Waals surface area (Å²) in [5.41, 5.74) is 0.771. The van der Waals surface area contributed by atoms with Crippen LogP contribution in [0, 0.1) is 6.92 Å². The quantitative estimate of drug-likeness (QED) is 0.846. The van der Waals surface area contributed by atoms with Crippen LogP contribution in [0.25, 0.3) is 0 Å². The maximum absolute atomic E-state index is 11.4. The van der Waals surface area contributed by atoms with Crippen molar-refractivity contribution in [3.05, 3.63) is 17.7 Å². The van der Waals surface area contributed by atoms with Crippen LogP contribution in [0.15, 0.2) is 6.33 Å². The minimum absolute atomic E-state index is 0.0589. The topological polar surface area (TPSA) is 73.2 Å². The van der Waals surface area contributed by atoms with E-state index in [9.17, 15) is 9.59 Å². The van der Waals surface area contributed by atoms with Crippen LogP contribution in [0.1, 0.15) is 43.9 Å². The number of ketones is 1. The molecular weight excluding hydrogens is 246 g/mol. The normalized spacial score (nSPS) is 11.2. The number of imidazole rings is 1. The van der Waals surface area contributed by atoms with Crippen LogP contribution < -0.4 is 5.32 Å². The zero-order chi connectivity index (χ0) is 14.6. The summed E-state index contributed by atoms with van der Waals surface area (Å²) in [5.74, 6) is -0.0589. The molecule has 1 N–H and O–H groups in total. The molecule has 0 spiro atoms. The average Bonchev–Trinajstić information content (AvgIpc) is 2.57. The molecule has 106 valence electrons. The number of alkyl carbamates (subject to hydrolysis) is 1. The molecule has 0 saturated carbocycles. The summed E-state index contributed by atoms with van der Waals surface area (Å²) in [7, 11) is 0. The van der Waals surface area contributed by atoms with Gasteiger partial charge in [0.05, 0.1) is 6.33 Å². The summed E-state index contributed by atoms with van der Waals surface area (Å²) in [5, 5.41) is 2.66. The van der Waals surface area contributed by atoms with Gasteiger partial charge in [-0.3, -0.25) is 4.79 Å². The fourth-order valence-electron chi connectivity index (χ4n) is 1.61. The largest absolute Gasteiger partial charge is 0.444 e. The number of amides is 1. The van der Waals surface area contributed by atoms with Crippen molar-refractivity contribution in [2.45, 2.75) is 46.8 Å². The number of hydrogen-bond acceptors (Lipinski definition) is 4. The number of carbonyl (C=O) groups excluding carboxylic acids is 2. The van der Waals surface area contributed by atoms with Gasteiger partial charge in [0.25, 0.3) is 0 Å². The molecule has 1 amide bonds. The molecule has 0 saturated heterocycles. The van der Waals surface area contributed by atoms with E-state index in [0.29, 0.717) is 18.8 Å². The molecule has 0 aromatic carbocycles. The second kappa shape index (κ2) is 5.86. The molecule has 1 heterocycles. The molecule has 1 rings (SSSR count). The van der Waals surface area contributed by atoms with Crippen LogP contribution in [0.2, 0.25) is 0 Å². The smallest absolute Gasteiger partial charge is 0.407 e. The van der Waals surface area contributed by atoms with Crippen LogP contribution in [0.4, 0.5) is 4.79 Å². The molecule has 0 fully saturated rings. The first kappa shape index (κ1) is 15.2. The first-order chi connectivity index (χ1) is 8.70. The molecule has 0 radical (unpaired) electrons. The van der Waals surface area contributed by atoms with E-state index in [4.69, 9.17) is 4.74 Å². The van der Waals surface area contributed by atoms with Crippen molar-refractivity contribution in [3.8, 4) is 0 Å². The molecule has 19 heavy (non-hydrogen) atoms. The van der Waals surface area contributed by atoms with Gasteiger partial charge in [-0.2, -0.15) is 0 Å². The molecule has 1 aromatic rings. The van der Waals surface area contributed by atoms with E-state index < -0.39 is 11.7 Å². The van der Waals surface area contributed by atoms with E-state index in [1.54, 1.807) is 6.33 Å². The molecule has 0 aliphatic heterocycles. The number of nitrogens with zero attached hydrogens (tertiary/aromatic N) is 2. The minimum Gasteiger partial charge on any atom is -0.444 e. The van der Waals surface area contributed by atoms with E-state index in [0.717, 1.165) is 5.69 Å². The van der Waals surface area contributed by atoms with Crippen LogP contribution in [0.3, 0.4) is 0 Å². The summed E-state index contributed by atoms with van der Waals surface area (Å²) in [4.78, 5) is 26.7. The number of carbonyl (C=O) groups is 2. The van der Waals surface area contributed by atoms with Crippen LogP contribution in [-0.4, -0.2) is 33.6 Å². The SMILES string of the molecule is CC(=O)c1ncn(CCNC(=O)OC(C)(C)C)c1C. The molecule has 0 unspecified atom stereocenters. The Morgan fingerprint density at radius 2 is 2.05 bits per heavy atom. The lowest BCUT2D eigenvalue weighted by atomic mass is 10.2. The van der Waals surface area contributed by atoms with Gasteiger partial charge in [0.15, 0.2) is 5.78 Å². The van der Waals surface area contributed by atoms with E-state index in [-0.39, 0.29) is 5.78 Å². The standard InChI is InChI=1S/C13H21N3O3/c1-9-11(10(2)17)15-8-16(9)7-6-14-12(18)19-13(3,4)5/h8H,6-7H2,1-5H3,(H,14,18). The maximum atomic E-state index is 11.4. The van der Waals surface area contributed by atoms with Gasteiger partial charge < -0.3 is 14.6 Å². The summed E-state index contributed by atoms with van der Waals surface area (Å²) in [6.45, 7) is 9.72. The average molecular weight is 267 g/mol. The zero-order valence-electron chi connectivity index (χ0n) is 12.1. The Kier molecular flexibility index (Phi) is 4.69. The van der Waals surface area contributed by atoms with Crippen molar-refractivity contribution in [1.29, 1.82) is 0 Å². The van der Waals surface area contributed by atoms with E-state index in [1.165, 1.54) is 6.92 Å². The summed E-state index contributed by atoms with van der Waals surface area (Å²) < 4.78 is 6.95. The number of hydrogen-bond donors (Lipinski definition) is 1. The van der Waals surface area contributed by atoms with Crippen molar-refractivity contribution in [2.75, 3.05) is 6.54 Å². The third kappa shape index (κ3) is 4.73. The molecule has 0 bridgehead atoms. The first-order valence-corrected chi connectivity index (χ1v) is 6.20. The van der Waals surface area contributed by atoms with Crippen molar-refractivity contribution in [1.82, 2.24) is 14.9 Å². The van der Waals surface area contributed by atoms with Crippen LogP contribution >= 0.6 is 0 Å². The van der Waals surface area contributed by atoms with Crippen molar-refractivity contribution < 1.29 is 14.3 Å². The van der Waals surface area contributed by atoms with Gasteiger partial charge in [-0.1, -0.05) is 0 Å². The monoisotopic (exact) mass is 267 g/mol. The lowest BCUT2D eigenvalue weighted by Gasteiger charge is -2.19. The second-order valence-electron chi connectivity index (χ2n) is 5.36. The Bertz CT molecular complexity index is 472. The Balaban J connectivity index is 2.46. The van der Waals surface area contributed by atoms with Crippen molar-refractivity contribution in [3.63, 3.8) is 0 Å². The number of ether oxygens (including phenoxy) is 1. The second-order valence-corrected chi connectivity index (χ2v) is 5.36. The number of rotatable bonds is 4. The minimum atomic E-state index is -0.503. The number of nitrogens with one attached hydrogen (secondary N) is 1.